The average Bonchev–Trinajstić information content (AvgIpc) is 2.59. The van der Waals surface area contributed by atoms with Gasteiger partial charge in [-0.25, -0.2) is 9.78 Å². The lowest BCUT2D eigenvalue weighted by atomic mass is 9.85. The van der Waals surface area contributed by atoms with Gasteiger partial charge in [-0.3, -0.25) is 15.6 Å². The second-order valence-corrected chi connectivity index (χ2v) is 7.63. The van der Waals surface area contributed by atoms with Gasteiger partial charge in [0.15, 0.2) is 0 Å². The number of ether oxygens (including phenoxy) is 2. The van der Waals surface area contributed by atoms with E-state index in [1.165, 1.54) is 0 Å². The van der Waals surface area contributed by atoms with Crippen LogP contribution in [0.25, 0.3) is 0 Å². The third kappa shape index (κ3) is 7.32. The Morgan fingerprint density at radius 2 is 2.07 bits per heavy atom. The Morgan fingerprint density at radius 1 is 1.30 bits per heavy atom. The van der Waals surface area contributed by atoms with E-state index in [1.807, 2.05) is 27.7 Å². The van der Waals surface area contributed by atoms with Gasteiger partial charge >= 0.3 is 6.09 Å². The number of anilines is 1. The molecule has 1 heterocycles. The molecule has 0 radical (unpaired) electrons. The molecule has 0 saturated heterocycles. The maximum atomic E-state index is 12.5. The van der Waals surface area contributed by atoms with Crippen LogP contribution in [0.15, 0.2) is 18.3 Å². The number of hydrazine groups is 1. The molecule has 1 aliphatic rings. The number of alkyl carbamates (subject to hydrolysis) is 1. The van der Waals surface area contributed by atoms with Crippen molar-refractivity contribution in [1.82, 2.24) is 15.7 Å². The minimum absolute atomic E-state index is 0.0660. The molecule has 2 amide bonds. The van der Waals surface area contributed by atoms with E-state index in [4.69, 9.17) is 9.47 Å². The predicted octanol–water partition coefficient (Wildman–Crippen LogP) is 3.01. The van der Waals surface area contributed by atoms with Gasteiger partial charge < -0.3 is 14.8 Å². The molecule has 1 aromatic heterocycles. The third-order valence-electron chi connectivity index (χ3n) is 4.12. The van der Waals surface area contributed by atoms with Crippen LogP contribution >= 0.6 is 0 Å². The number of rotatable bonds is 6. The Morgan fingerprint density at radius 3 is 2.78 bits per heavy atom. The van der Waals surface area contributed by atoms with Crippen LogP contribution in [0.1, 0.15) is 53.4 Å². The van der Waals surface area contributed by atoms with Crippen molar-refractivity contribution in [3.05, 3.63) is 18.3 Å². The molecular formula is C19H30N4O4. The number of carbonyl (C=O) groups is 2. The number of hydrogen-bond donors (Lipinski definition) is 3. The number of hydrogen-bond acceptors (Lipinski definition) is 6. The van der Waals surface area contributed by atoms with E-state index >= 15 is 0 Å². The second kappa shape index (κ2) is 9.43. The second-order valence-electron chi connectivity index (χ2n) is 7.63. The number of nitrogens with zero attached hydrogens (tertiary/aromatic N) is 1. The maximum absolute atomic E-state index is 12.5. The highest BCUT2D eigenvalue weighted by molar-refractivity contribution is 5.80. The molecule has 3 N–H and O–H groups in total. The fourth-order valence-corrected chi connectivity index (χ4v) is 3.00. The van der Waals surface area contributed by atoms with Crippen molar-refractivity contribution < 1.29 is 19.1 Å². The summed E-state index contributed by atoms with van der Waals surface area (Å²) in [7, 11) is 0. The number of nitrogens with one attached hydrogen (secondary N) is 3. The standard InChI is InChI=1S/C19H30N4O4/c1-5-26-15-9-10-20-16(12-15)22-23-17(24)13-7-6-8-14(11-13)21-18(25)27-19(2,3)4/h9-10,12-14H,5-8,11H2,1-4H3,(H,20,22)(H,21,25)(H,23,24)/t13-,14+/m0/s1. The van der Waals surface area contributed by atoms with E-state index in [0.717, 1.165) is 19.3 Å². The maximum Gasteiger partial charge on any atom is 0.407 e. The van der Waals surface area contributed by atoms with Crippen LogP contribution in [-0.4, -0.2) is 35.2 Å². The molecule has 2 atom stereocenters. The Labute approximate surface area is 160 Å². The number of carbonyl (C=O) groups excluding carboxylic acids is 2. The molecule has 150 valence electrons. The van der Waals surface area contributed by atoms with E-state index in [-0.39, 0.29) is 17.9 Å². The third-order valence-corrected chi connectivity index (χ3v) is 4.12. The van der Waals surface area contributed by atoms with E-state index in [2.05, 4.69) is 21.2 Å². The van der Waals surface area contributed by atoms with E-state index in [0.29, 0.717) is 24.6 Å². The zero-order valence-electron chi connectivity index (χ0n) is 16.5. The first-order chi connectivity index (χ1) is 12.8. The van der Waals surface area contributed by atoms with Crippen molar-refractivity contribution in [2.24, 2.45) is 5.92 Å². The first-order valence-corrected chi connectivity index (χ1v) is 9.41. The van der Waals surface area contributed by atoms with Gasteiger partial charge in [0.05, 0.1) is 6.61 Å². The highest BCUT2D eigenvalue weighted by atomic mass is 16.6. The molecule has 0 aliphatic heterocycles. The van der Waals surface area contributed by atoms with Crippen LogP contribution in [0.2, 0.25) is 0 Å². The first-order valence-electron chi connectivity index (χ1n) is 9.41. The van der Waals surface area contributed by atoms with E-state index in [9.17, 15) is 9.59 Å². The molecule has 0 unspecified atom stereocenters. The zero-order chi connectivity index (χ0) is 19.9. The van der Waals surface area contributed by atoms with Gasteiger partial charge in [-0.05, 0) is 53.0 Å². The molecule has 1 saturated carbocycles. The van der Waals surface area contributed by atoms with Gasteiger partial charge in [-0.2, -0.15) is 0 Å². The van der Waals surface area contributed by atoms with Crippen molar-refractivity contribution in [2.75, 3.05) is 12.0 Å². The van der Waals surface area contributed by atoms with Crippen LogP contribution in [0.4, 0.5) is 10.6 Å². The molecule has 8 nitrogen and oxygen atoms in total. The summed E-state index contributed by atoms with van der Waals surface area (Å²) in [5.41, 5.74) is 4.98. The Balaban J connectivity index is 1.82. The summed E-state index contributed by atoms with van der Waals surface area (Å²) < 4.78 is 10.7. The minimum Gasteiger partial charge on any atom is -0.494 e. The molecule has 8 heteroatoms. The lowest BCUT2D eigenvalue weighted by Crippen LogP contribution is -2.45. The fraction of sp³-hybridized carbons (Fsp3) is 0.632. The fourth-order valence-electron chi connectivity index (χ4n) is 3.00. The quantitative estimate of drug-likeness (QED) is 0.658. The van der Waals surface area contributed by atoms with Crippen molar-refractivity contribution >= 4 is 17.8 Å². The molecule has 0 spiro atoms. The van der Waals surface area contributed by atoms with Gasteiger partial charge in [-0.15, -0.1) is 0 Å². The normalized spacial score (nSPS) is 19.7. The summed E-state index contributed by atoms with van der Waals surface area (Å²) in [6, 6.07) is 3.41. The SMILES string of the molecule is CCOc1ccnc(NNC(=O)[C@H]2CCC[C@@H](NC(=O)OC(C)(C)C)C2)c1. The Hall–Kier alpha value is -2.51. The molecule has 1 aliphatic carbocycles. The largest absolute Gasteiger partial charge is 0.494 e. The summed E-state index contributed by atoms with van der Waals surface area (Å²) in [5, 5.41) is 2.87. The molecule has 0 aromatic carbocycles. The molecule has 2 rings (SSSR count). The summed E-state index contributed by atoms with van der Waals surface area (Å²) in [5.74, 6) is 0.896. The summed E-state index contributed by atoms with van der Waals surface area (Å²) in [6.45, 7) is 7.93. The molecule has 1 aromatic rings. The average molecular weight is 378 g/mol. The number of pyridine rings is 1. The predicted molar refractivity (Wildman–Crippen MR) is 102 cm³/mol. The van der Waals surface area contributed by atoms with Crippen LogP contribution in [-0.2, 0) is 9.53 Å². The first kappa shape index (κ1) is 20.8. The topological polar surface area (TPSA) is 102 Å². The Bertz CT molecular complexity index is 645. The minimum atomic E-state index is -0.539. The van der Waals surface area contributed by atoms with Crippen LogP contribution in [0.5, 0.6) is 5.75 Å². The molecular weight excluding hydrogens is 348 g/mol. The van der Waals surface area contributed by atoms with Crippen LogP contribution in [0, 0.1) is 5.92 Å². The van der Waals surface area contributed by atoms with Gasteiger partial charge in [-0.1, -0.05) is 6.42 Å². The van der Waals surface area contributed by atoms with Crippen molar-refractivity contribution in [3.63, 3.8) is 0 Å². The zero-order valence-corrected chi connectivity index (χ0v) is 16.5. The Kier molecular flexibility index (Phi) is 7.27. The lowest BCUT2D eigenvalue weighted by molar-refractivity contribution is -0.125. The van der Waals surface area contributed by atoms with Crippen LogP contribution < -0.4 is 20.9 Å². The van der Waals surface area contributed by atoms with Gasteiger partial charge in [0, 0.05) is 24.2 Å². The lowest BCUT2D eigenvalue weighted by Gasteiger charge is -2.30. The summed E-state index contributed by atoms with van der Waals surface area (Å²) in [4.78, 5) is 28.5. The van der Waals surface area contributed by atoms with Crippen molar-refractivity contribution in [3.8, 4) is 5.75 Å². The van der Waals surface area contributed by atoms with Gasteiger partial charge in [0.25, 0.3) is 0 Å². The molecule has 1 fully saturated rings. The van der Waals surface area contributed by atoms with Crippen LogP contribution in [0.3, 0.4) is 0 Å². The summed E-state index contributed by atoms with van der Waals surface area (Å²) >= 11 is 0. The van der Waals surface area contributed by atoms with Crippen molar-refractivity contribution in [2.45, 2.75) is 65.0 Å². The number of aromatic nitrogens is 1. The van der Waals surface area contributed by atoms with Gasteiger partial charge in [0.1, 0.15) is 17.2 Å². The summed E-state index contributed by atoms with van der Waals surface area (Å²) in [6.07, 6.45) is 4.25. The highest BCUT2D eigenvalue weighted by Gasteiger charge is 2.29. The van der Waals surface area contributed by atoms with Gasteiger partial charge in [0.2, 0.25) is 5.91 Å². The molecule has 27 heavy (non-hydrogen) atoms. The monoisotopic (exact) mass is 378 g/mol. The molecule has 0 bridgehead atoms. The van der Waals surface area contributed by atoms with Crippen molar-refractivity contribution in [1.29, 1.82) is 0 Å². The number of amides is 2. The highest BCUT2D eigenvalue weighted by Crippen LogP contribution is 2.25. The van der Waals surface area contributed by atoms with E-state index < -0.39 is 11.7 Å². The van der Waals surface area contributed by atoms with E-state index in [1.54, 1.807) is 18.3 Å². The smallest absolute Gasteiger partial charge is 0.407 e.